The zero-order chi connectivity index (χ0) is 27.1. The molecule has 1 aliphatic heterocycles. The van der Waals surface area contributed by atoms with Crippen LogP contribution in [0.3, 0.4) is 0 Å². The number of aliphatic hydroxyl groups excluding tert-OH is 1. The molecular formula is C31H32ClNO5. The number of ketones is 1. The highest BCUT2D eigenvalue weighted by molar-refractivity contribution is 6.46. The monoisotopic (exact) mass is 533 g/mol. The minimum atomic E-state index is -0.820. The molecule has 0 aliphatic carbocycles. The number of aliphatic hydroxyl groups is 1. The maximum atomic E-state index is 13.4. The summed E-state index contributed by atoms with van der Waals surface area (Å²) in [5.74, 6) is -0.537. The average molecular weight is 534 g/mol. The van der Waals surface area contributed by atoms with Gasteiger partial charge >= 0.3 is 0 Å². The Bertz CT molecular complexity index is 1300. The second-order valence-electron chi connectivity index (χ2n) is 9.11. The molecule has 1 unspecified atom stereocenters. The van der Waals surface area contributed by atoms with Gasteiger partial charge < -0.3 is 19.5 Å². The Morgan fingerprint density at radius 2 is 1.66 bits per heavy atom. The maximum absolute atomic E-state index is 13.4. The van der Waals surface area contributed by atoms with Crippen molar-refractivity contribution in [1.82, 2.24) is 4.90 Å². The number of likely N-dealkylation sites (tertiary alicyclic amines) is 1. The highest BCUT2D eigenvalue weighted by Gasteiger charge is 2.46. The van der Waals surface area contributed by atoms with Crippen molar-refractivity contribution >= 4 is 29.1 Å². The number of Topliss-reactive ketones (excluding diaryl/α,β-unsaturated/α-hetero) is 1. The Morgan fingerprint density at radius 3 is 2.34 bits per heavy atom. The summed E-state index contributed by atoms with van der Waals surface area (Å²) in [6.07, 6.45) is 3.09. The van der Waals surface area contributed by atoms with Crippen molar-refractivity contribution in [3.63, 3.8) is 0 Å². The van der Waals surface area contributed by atoms with E-state index in [1.165, 1.54) is 4.90 Å². The van der Waals surface area contributed by atoms with Crippen molar-refractivity contribution in [1.29, 1.82) is 0 Å². The Balaban J connectivity index is 1.80. The molecule has 1 saturated heterocycles. The lowest BCUT2D eigenvalue weighted by atomic mass is 9.94. The van der Waals surface area contributed by atoms with Gasteiger partial charge in [-0.1, -0.05) is 67.8 Å². The molecule has 38 heavy (non-hydrogen) atoms. The van der Waals surface area contributed by atoms with Crippen LogP contribution in [0.1, 0.15) is 55.8 Å². The van der Waals surface area contributed by atoms with Crippen molar-refractivity contribution in [2.24, 2.45) is 0 Å². The minimum Gasteiger partial charge on any atom is -0.507 e. The van der Waals surface area contributed by atoms with Crippen molar-refractivity contribution in [2.45, 2.75) is 45.7 Å². The van der Waals surface area contributed by atoms with Gasteiger partial charge in [0.1, 0.15) is 5.76 Å². The number of halogens is 1. The molecule has 198 valence electrons. The normalized spacial score (nSPS) is 16.6. The molecule has 7 heteroatoms. The van der Waals surface area contributed by atoms with Crippen LogP contribution in [0.2, 0.25) is 5.02 Å². The molecular weight excluding hydrogens is 502 g/mol. The molecule has 0 aromatic heterocycles. The van der Waals surface area contributed by atoms with Crippen LogP contribution < -0.4 is 9.47 Å². The molecule has 0 radical (unpaired) electrons. The number of hydrogen-bond donors (Lipinski definition) is 1. The number of rotatable bonds is 11. The summed E-state index contributed by atoms with van der Waals surface area (Å²) in [5.41, 5.74) is 1.93. The predicted molar refractivity (Wildman–Crippen MR) is 148 cm³/mol. The molecule has 0 bridgehead atoms. The van der Waals surface area contributed by atoms with Crippen LogP contribution in [0, 0.1) is 0 Å². The zero-order valence-electron chi connectivity index (χ0n) is 21.7. The third kappa shape index (κ3) is 6.03. The van der Waals surface area contributed by atoms with E-state index in [0.717, 1.165) is 24.8 Å². The fourth-order valence-electron chi connectivity index (χ4n) is 4.55. The highest BCUT2D eigenvalue weighted by Crippen LogP contribution is 2.43. The summed E-state index contributed by atoms with van der Waals surface area (Å²) < 4.78 is 11.9. The SMILES string of the molecule is CCCCCOc1ccc(C2C(=C(O)c3ccc(Cl)cc3)C(=O)C(=O)N2Cc2ccccc2)cc1OCC. The maximum Gasteiger partial charge on any atom is 0.295 e. The molecule has 6 nitrogen and oxygen atoms in total. The lowest BCUT2D eigenvalue weighted by Crippen LogP contribution is -2.29. The van der Waals surface area contributed by atoms with Crippen LogP contribution in [0.4, 0.5) is 0 Å². The molecule has 1 aliphatic rings. The predicted octanol–water partition coefficient (Wildman–Crippen LogP) is 6.93. The number of unbranched alkanes of at least 4 members (excludes halogenated alkanes) is 2. The highest BCUT2D eigenvalue weighted by atomic mass is 35.5. The third-order valence-corrected chi connectivity index (χ3v) is 6.69. The second-order valence-corrected chi connectivity index (χ2v) is 9.55. The van der Waals surface area contributed by atoms with Gasteiger partial charge in [-0.3, -0.25) is 9.59 Å². The van der Waals surface area contributed by atoms with Gasteiger partial charge in [0.25, 0.3) is 11.7 Å². The molecule has 3 aromatic rings. The van der Waals surface area contributed by atoms with E-state index >= 15 is 0 Å². The number of amides is 1. The molecule has 1 N–H and O–H groups in total. The molecule has 0 saturated carbocycles. The van der Waals surface area contributed by atoms with E-state index in [0.29, 0.717) is 40.9 Å². The number of nitrogens with zero attached hydrogens (tertiary/aromatic N) is 1. The summed E-state index contributed by atoms with van der Waals surface area (Å²) in [6.45, 7) is 5.21. The van der Waals surface area contributed by atoms with Crippen LogP contribution in [-0.4, -0.2) is 34.9 Å². The lowest BCUT2D eigenvalue weighted by Gasteiger charge is -2.26. The quantitative estimate of drug-likeness (QED) is 0.125. The molecule has 3 aromatic carbocycles. The Morgan fingerprint density at radius 1 is 0.921 bits per heavy atom. The lowest BCUT2D eigenvalue weighted by molar-refractivity contribution is -0.140. The van der Waals surface area contributed by atoms with Crippen molar-refractivity contribution in [3.05, 3.63) is 100 Å². The number of ether oxygens (including phenoxy) is 2. The second kappa shape index (κ2) is 12.7. The fraction of sp³-hybridized carbons (Fsp3) is 0.290. The van der Waals surface area contributed by atoms with Gasteiger partial charge in [0.15, 0.2) is 11.5 Å². The fourth-order valence-corrected chi connectivity index (χ4v) is 4.68. The van der Waals surface area contributed by atoms with Crippen LogP contribution >= 0.6 is 11.6 Å². The first-order valence-corrected chi connectivity index (χ1v) is 13.3. The Kier molecular flexibility index (Phi) is 9.08. The van der Waals surface area contributed by atoms with Crippen LogP contribution in [0.5, 0.6) is 11.5 Å². The summed E-state index contributed by atoms with van der Waals surface area (Å²) in [5, 5.41) is 11.8. The van der Waals surface area contributed by atoms with Crippen LogP contribution in [0.15, 0.2) is 78.4 Å². The smallest absolute Gasteiger partial charge is 0.295 e. The van der Waals surface area contributed by atoms with Gasteiger partial charge in [-0.05, 0) is 60.9 Å². The molecule has 1 fully saturated rings. The number of benzene rings is 3. The van der Waals surface area contributed by atoms with E-state index in [1.807, 2.05) is 43.3 Å². The summed E-state index contributed by atoms with van der Waals surface area (Å²) in [6, 6.07) is 20.6. The van der Waals surface area contributed by atoms with Crippen molar-refractivity contribution in [3.8, 4) is 11.5 Å². The standard InChI is InChI=1S/C31H32ClNO5/c1-3-5-9-18-38-25-17-14-23(19-26(25)37-4-2)28-27(29(34)22-12-15-24(32)16-13-22)30(35)31(36)33(28)20-21-10-7-6-8-11-21/h6-8,10-17,19,28,34H,3-5,9,18,20H2,1-2H3. The third-order valence-electron chi connectivity index (χ3n) is 6.44. The Hall–Kier alpha value is -3.77. The van der Waals surface area contributed by atoms with E-state index in [2.05, 4.69) is 6.92 Å². The van der Waals surface area contributed by atoms with Crippen molar-refractivity contribution in [2.75, 3.05) is 13.2 Å². The average Bonchev–Trinajstić information content (AvgIpc) is 3.17. The van der Waals surface area contributed by atoms with Crippen molar-refractivity contribution < 1.29 is 24.2 Å². The topological polar surface area (TPSA) is 76.1 Å². The molecule has 4 rings (SSSR count). The van der Waals surface area contributed by atoms with E-state index in [1.54, 1.807) is 36.4 Å². The molecule has 0 spiro atoms. The summed E-state index contributed by atoms with van der Waals surface area (Å²) >= 11 is 6.03. The number of hydrogen-bond acceptors (Lipinski definition) is 5. The minimum absolute atomic E-state index is 0.0207. The number of carbonyl (C=O) groups excluding carboxylic acids is 2. The van der Waals surface area contributed by atoms with Gasteiger partial charge in [-0.25, -0.2) is 0 Å². The van der Waals surface area contributed by atoms with E-state index < -0.39 is 17.7 Å². The van der Waals surface area contributed by atoms with Crippen LogP contribution in [0.25, 0.3) is 5.76 Å². The van der Waals surface area contributed by atoms with Gasteiger partial charge in [0.05, 0.1) is 24.8 Å². The molecule has 1 amide bonds. The van der Waals surface area contributed by atoms with Gasteiger partial charge in [-0.2, -0.15) is 0 Å². The van der Waals surface area contributed by atoms with Crippen LogP contribution in [-0.2, 0) is 16.1 Å². The zero-order valence-corrected chi connectivity index (χ0v) is 22.4. The Labute approximate surface area is 228 Å². The van der Waals surface area contributed by atoms with Gasteiger partial charge in [0, 0.05) is 17.1 Å². The van der Waals surface area contributed by atoms with Gasteiger partial charge in [-0.15, -0.1) is 0 Å². The molecule has 1 atom stereocenters. The number of carbonyl (C=O) groups is 2. The molecule has 1 heterocycles. The van der Waals surface area contributed by atoms with Gasteiger partial charge in [0.2, 0.25) is 0 Å². The van der Waals surface area contributed by atoms with E-state index in [9.17, 15) is 14.7 Å². The van der Waals surface area contributed by atoms with E-state index in [-0.39, 0.29) is 17.9 Å². The van der Waals surface area contributed by atoms with E-state index in [4.69, 9.17) is 21.1 Å². The first-order chi connectivity index (χ1) is 18.4. The first kappa shape index (κ1) is 27.3. The largest absolute Gasteiger partial charge is 0.507 e. The summed E-state index contributed by atoms with van der Waals surface area (Å²) in [7, 11) is 0. The summed E-state index contributed by atoms with van der Waals surface area (Å²) in [4.78, 5) is 28.2. The first-order valence-electron chi connectivity index (χ1n) is 12.9.